The first-order valence-corrected chi connectivity index (χ1v) is 10.0. The highest BCUT2D eigenvalue weighted by Crippen LogP contribution is 2.29. The van der Waals surface area contributed by atoms with Crippen molar-refractivity contribution in [3.8, 4) is 0 Å². The summed E-state index contributed by atoms with van der Waals surface area (Å²) < 4.78 is 0. The standard InChI is InChI=1S/C19H30N2OS/c1-15-11-12-17(23-15)14-21(16-8-5-6-9-16)19(22)18-10-4-3-7-13-20(18)2/h11-12,16,18H,3-10,13-14H2,1-2H3. The minimum absolute atomic E-state index is 0.0964. The Balaban J connectivity index is 1.77. The zero-order valence-electron chi connectivity index (χ0n) is 14.6. The van der Waals surface area contributed by atoms with Gasteiger partial charge in [-0.1, -0.05) is 25.7 Å². The third-order valence-electron chi connectivity index (χ3n) is 5.48. The summed E-state index contributed by atoms with van der Waals surface area (Å²) in [7, 11) is 2.13. The Bertz CT molecular complexity index is 521. The Kier molecular flexibility index (Phi) is 5.76. The zero-order chi connectivity index (χ0) is 16.2. The van der Waals surface area contributed by atoms with Gasteiger partial charge in [-0.25, -0.2) is 0 Å². The van der Waals surface area contributed by atoms with E-state index in [9.17, 15) is 4.79 Å². The molecule has 2 aliphatic rings. The lowest BCUT2D eigenvalue weighted by atomic mass is 10.1. The molecule has 1 unspecified atom stereocenters. The SMILES string of the molecule is Cc1ccc(CN(C(=O)C2CCCCCN2C)C2CCCC2)s1. The molecule has 1 aromatic rings. The van der Waals surface area contributed by atoms with Crippen LogP contribution in [0.25, 0.3) is 0 Å². The Hall–Kier alpha value is -0.870. The summed E-state index contributed by atoms with van der Waals surface area (Å²) in [5.74, 6) is 0.382. The van der Waals surface area contributed by atoms with E-state index in [1.165, 1.54) is 54.7 Å². The van der Waals surface area contributed by atoms with Crippen molar-refractivity contribution in [2.45, 2.75) is 76.9 Å². The van der Waals surface area contributed by atoms with Crippen LogP contribution in [0.1, 0.15) is 61.1 Å². The van der Waals surface area contributed by atoms with Gasteiger partial charge in [0.2, 0.25) is 5.91 Å². The van der Waals surface area contributed by atoms with Crippen LogP contribution in [0.3, 0.4) is 0 Å². The Morgan fingerprint density at radius 2 is 1.91 bits per heavy atom. The molecule has 1 aromatic heterocycles. The van der Waals surface area contributed by atoms with Crippen molar-refractivity contribution >= 4 is 17.2 Å². The van der Waals surface area contributed by atoms with Crippen LogP contribution in [0.2, 0.25) is 0 Å². The summed E-state index contributed by atoms with van der Waals surface area (Å²) in [5.41, 5.74) is 0. The largest absolute Gasteiger partial charge is 0.333 e. The van der Waals surface area contributed by atoms with Gasteiger partial charge in [0.15, 0.2) is 0 Å². The van der Waals surface area contributed by atoms with E-state index in [0.717, 1.165) is 19.5 Å². The molecular weight excluding hydrogens is 304 g/mol. The molecule has 3 nitrogen and oxygen atoms in total. The molecule has 2 fully saturated rings. The van der Waals surface area contributed by atoms with E-state index < -0.39 is 0 Å². The smallest absolute Gasteiger partial charge is 0.240 e. The van der Waals surface area contributed by atoms with E-state index in [0.29, 0.717) is 11.9 Å². The topological polar surface area (TPSA) is 23.6 Å². The van der Waals surface area contributed by atoms with Crippen molar-refractivity contribution in [2.75, 3.05) is 13.6 Å². The number of carbonyl (C=O) groups is 1. The number of rotatable bonds is 4. The van der Waals surface area contributed by atoms with Crippen molar-refractivity contribution in [2.24, 2.45) is 0 Å². The van der Waals surface area contributed by atoms with E-state index in [2.05, 4.69) is 35.9 Å². The Labute approximate surface area is 144 Å². The number of hydrogen-bond donors (Lipinski definition) is 0. The van der Waals surface area contributed by atoms with Gasteiger partial charge in [-0.15, -0.1) is 11.3 Å². The molecule has 2 heterocycles. The minimum atomic E-state index is 0.0964. The number of aryl methyl sites for hydroxylation is 1. The summed E-state index contributed by atoms with van der Waals surface area (Å²) in [6.07, 6.45) is 9.64. The molecule has 0 spiro atoms. The quantitative estimate of drug-likeness (QED) is 0.824. The lowest BCUT2D eigenvalue weighted by Gasteiger charge is -2.35. The maximum absolute atomic E-state index is 13.3. The van der Waals surface area contributed by atoms with E-state index in [1.807, 2.05) is 11.3 Å². The highest BCUT2D eigenvalue weighted by atomic mass is 32.1. The van der Waals surface area contributed by atoms with Crippen molar-refractivity contribution < 1.29 is 4.79 Å². The Morgan fingerprint density at radius 1 is 1.17 bits per heavy atom. The molecular formula is C19H30N2OS. The molecule has 1 saturated carbocycles. The minimum Gasteiger partial charge on any atom is -0.333 e. The average Bonchev–Trinajstić information content (AvgIpc) is 3.14. The first kappa shape index (κ1) is 17.0. The van der Waals surface area contributed by atoms with Crippen LogP contribution in [0.15, 0.2) is 12.1 Å². The monoisotopic (exact) mass is 334 g/mol. The van der Waals surface area contributed by atoms with E-state index in [1.54, 1.807) is 0 Å². The second-order valence-corrected chi connectivity index (χ2v) is 8.63. The van der Waals surface area contributed by atoms with Gasteiger partial charge < -0.3 is 4.90 Å². The molecule has 1 aliphatic carbocycles. The van der Waals surface area contributed by atoms with Crippen LogP contribution >= 0.6 is 11.3 Å². The van der Waals surface area contributed by atoms with Crippen molar-refractivity contribution in [3.05, 3.63) is 21.9 Å². The molecule has 128 valence electrons. The van der Waals surface area contributed by atoms with Crippen LogP contribution in [0, 0.1) is 6.92 Å². The molecule has 0 aromatic carbocycles. The number of carbonyl (C=O) groups excluding carboxylic acids is 1. The maximum atomic E-state index is 13.3. The van der Waals surface area contributed by atoms with Gasteiger partial charge in [0, 0.05) is 15.8 Å². The van der Waals surface area contributed by atoms with Crippen LogP contribution in [-0.4, -0.2) is 41.4 Å². The van der Waals surface area contributed by atoms with Gasteiger partial charge in [0.05, 0.1) is 12.6 Å². The fourth-order valence-electron chi connectivity index (χ4n) is 4.10. The van der Waals surface area contributed by atoms with Crippen molar-refractivity contribution in [1.82, 2.24) is 9.80 Å². The first-order chi connectivity index (χ1) is 11.1. The fourth-order valence-corrected chi connectivity index (χ4v) is 4.99. The number of nitrogens with zero attached hydrogens (tertiary/aromatic N) is 2. The molecule has 0 radical (unpaired) electrons. The Morgan fingerprint density at radius 3 is 2.61 bits per heavy atom. The summed E-state index contributed by atoms with van der Waals surface area (Å²) in [5, 5.41) is 0. The molecule has 1 amide bonds. The zero-order valence-corrected chi connectivity index (χ0v) is 15.4. The maximum Gasteiger partial charge on any atom is 0.240 e. The van der Waals surface area contributed by atoms with Gasteiger partial charge in [-0.2, -0.15) is 0 Å². The first-order valence-electron chi connectivity index (χ1n) is 9.21. The molecule has 1 saturated heterocycles. The molecule has 3 rings (SSSR count). The third kappa shape index (κ3) is 4.16. The number of likely N-dealkylation sites (N-methyl/N-ethyl adjacent to an activating group) is 1. The number of amides is 1. The van der Waals surface area contributed by atoms with E-state index in [4.69, 9.17) is 0 Å². The van der Waals surface area contributed by atoms with Gasteiger partial charge >= 0.3 is 0 Å². The molecule has 23 heavy (non-hydrogen) atoms. The summed E-state index contributed by atoms with van der Waals surface area (Å²) in [4.78, 5) is 20.5. The predicted molar refractivity (Wildman–Crippen MR) is 96.7 cm³/mol. The van der Waals surface area contributed by atoms with Crippen LogP contribution in [0.4, 0.5) is 0 Å². The van der Waals surface area contributed by atoms with E-state index >= 15 is 0 Å². The summed E-state index contributed by atoms with van der Waals surface area (Å²) in [6, 6.07) is 4.93. The lowest BCUT2D eigenvalue weighted by Crippen LogP contribution is -2.49. The second-order valence-electron chi connectivity index (χ2n) is 7.26. The van der Waals surface area contributed by atoms with Crippen LogP contribution in [-0.2, 0) is 11.3 Å². The predicted octanol–water partition coefficient (Wildman–Crippen LogP) is 4.20. The highest BCUT2D eigenvalue weighted by molar-refractivity contribution is 7.11. The number of likely N-dealkylation sites (tertiary alicyclic amines) is 1. The fraction of sp³-hybridized carbons (Fsp3) is 0.737. The van der Waals surface area contributed by atoms with Gasteiger partial charge in [-0.05, 0) is 58.3 Å². The highest BCUT2D eigenvalue weighted by Gasteiger charge is 2.34. The van der Waals surface area contributed by atoms with Crippen molar-refractivity contribution in [3.63, 3.8) is 0 Å². The summed E-state index contributed by atoms with van der Waals surface area (Å²) in [6.45, 7) is 4.02. The summed E-state index contributed by atoms with van der Waals surface area (Å²) >= 11 is 1.84. The third-order valence-corrected chi connectivity index (χ3v) is 6.46. The molecule has 0 bridgehead atoms. The molecule has 1 aliphatic heterocycles. The molecule has 4 heteroatoms. The van der Waals surface area contributed by atoms with Crippen molar-refractivity contribution in [1.29, 1.82) is 0 Å². The van der Waals surface area contributed by atoms with Crippen LogP contribution < -0.4 is 0 Å². The van der Waals surface area contributed by atoms with Crippen LogP contribution in [0.5, 0.6) is 0 Å². The normalized spacial score (nSPS) is 23.8. The van der Waals surface area contributed by atoms with Gasteiger partial charge in [0.25, 0.3) is 0 Å². The number of thiophene rings is 1. The number of hydrogen-bond acceptors (Lipinski definition) is 3. The van der Waals surface area contributed by atoms with Gasteiger partial charge in [-0.3, -0.25) is 9.69 Å². The van der Waals surface area contributed by atoms with Gasteiger partial charge in [0.1, 0.15) is 0 Å². The molecule has 0 N–H and O–H groups in total. The lowest BCUT2D eigenvalue weighted by molar-refractivity contribution is -0.139. The average molecular weight is 335 g/mol. The van der Waals surface area contributed by atoms with E-state index in [-0.39, 0.29) is 6.04 Å². The second kappa shape index (κ2) is 7.80. The molecule has 1 atom stereocenters.